The zero-order chi connectivity index (χ0) is 21.3. The van der Waals surface area contributed by atoms with Gasteiger partial charge < -0.3 is 14.7 Å². The fourth-order valence-corrected chi connectivity index (χ4v) is 4.86. The van der Waals surface area contributed by atoms with Crippen LogP contribution in [0.5, 0.6) is 0 Å². The molecule has 0 radical (unpaired) electrons. The van der Waals surface area contributed by atoms with E-state index in [1.165, 1.54) is 11.3 Å². The first-order chi connectivity index (χ1) is 14.4. The lowest BCUT2D eigenvalue weighted by atomic mass is 10.1. The molecule has 0 amide bonds. The largest absolute Gasteiger partial charge is 0.510 e. The van der Waals surface area contributed by atoms with Crippen molar-refractivity contribution in [2.24, 2.45) is 0 Å². The van der Waals surface area contributed by atoms with Gasteiger partial charge in [0.15, 0.2) is 0 Å². The number of benzene rings is 1. The van der Waals surface area contributed by atoms with E-state index in [-0.39, 0.29) is 36.6 Å². The molecule has 30 heavy (non-hydrogen) atoms. The van der Waals surface area contributed by atoms with Gasteiger partial charge in [0, 0.05) is 11.1 Å². The standard InChI is InChI=1S/C22H21N3O3S2/c1-13(2)28-19(27)10-14-5-7-15(8-6-14)25-11-17(26)20(21(25)23)22-24-16(12-30-22)18-4-3-9-29-18/h3-9,12-13,23,26H,10-11H2,1-2H3. The van der Waals surface area contributed by atoms with E-state index in [2.05, 4.69) is 4.98 Å². The fraction of sp³-hybridized carbons (Fsp3) is 0.227. The van der Waals surface area contributed by atoms with Gasteiger partial charge in [-0.1, -0.05) is 18.2 Å². The molecule has 6 nitrogen and oxygen atoms in total. The maximum Gasteiger partial charge on any atom is 0.310 e. The number of hydrogen-bond donors (Lipinski definition) is 2. The topological polar surface area (TPSA) is 86.5 Å². The summed E-state index contributed by atoms with van der Waals surface area (Å²) in [4.78, 5) is 19.3. The number of anilines is 1. The number of thiophene rings is 1. The quantitative estimate of drug-likeness (QED) is 0.520. The monoisotopic (exact) mass is 439 g/mol. The lowest BCUT2D eigenvalue weighted by molar-refractivity contribution is -0.146. The highest BCUT2D eigenvalue weighted by atomic mass is 32.1. The summed E-state index contributed by atoms with van der Waals surface area (Å²) in [5.74, 6) is 0.0850. The van der Waals surface area contributed by atoms with Crippen LogP contribution in [0.3, 0.4) is 0 Å². The van der Waals surface area contributed by atoms with Gasteiger partial charge in [0.05, 0.1) is 35.2 Å². The van der Waals surface area contributed by atoms with Crippen molar-refractivity contribution >= 4 is 45.7 Å². The van der Waals surface area contributed by atoms with Gasteiger partial charge in [0.25, 0.3) is 0 Å². The Labute approximate surface area is 182 Å². The Morgan fingerprint density at radius 3 is 2.70 bits per heavy atom. The molecule has 2 N–H and O–H groups in total. The summed E-state index contributed by atoms with van der Waals surface area (Å²) in [6.45, 7) is 3.86. The molecule has 8 heteroatoms. The minimum atomic E-state index is -0.265. The zero-order valence-corrected chi connectivity index (χ0v) is 18.2. The molecule has 3 aromatic rings. The lowest BCUT2D eigenvalue weighted by Crippen LogP contribution is -2.26. The summed E-state index contributed by atoms with van der Waals surface area (Å²) in [5, 5.41) is 23.7. The molecule has 0 aliphatic carbocycles. The van der Waals surface area contributed by atoms with Crippen molar-refractivity contribution in [3.05, 3.63) is 63.5 Å². The SMILES string of the molecule is CC(C)OC(=O)Cc1ccc(N2CC(O)=C(c3nc(-c4cccs4)cs3)C2=N)cc1. The number of aromatic nitrogens is 1. The van der Waals surface area contributed by atoms with Gasteiger partial charge in [0.1, 0.15) is 16.6 Å². The van der Waals surface area contributed by atoms with E-state index in [1.54, 1.807) is 16.2 Å². The van der Waals surface area contributed by atoms with Crippen LogP contribution in [0.4, 0.5) is 5.69 Å². The molecule has 4 rings (SSSR count). The number of hydrogen-bond acceptors (Lipinski definition) is 7. The maximum absolute atomic E-state index is 11.8. The highest BCUT2D eigenvalue weighted by Gasteiger charge is 2.31. The average Bonchev–Trinajstić information content (AvgIpc) is 3.42. The molecule has 1 aliphatic heterocycles. The first-order valence-electron chi connectivity index (χ1n) is 9.49. The predicted molar refractivity (Wildman–Crippen MR) is 121 cm³/mol. The van der Waals surface area contributed by atoms with Crippen LogP contribution in [-0.2, 0) is 16.0 Å². The van der Waals surface area contributed by atoms with Crippen LogP contribution in [0.1, 0.15) is 24.4 Å². The van der Waals surface area contributed by atoms with Crippen molar-refractivity contribution < 1.29 is 14.6 Å². The Morgan fingerprint density at radius 1 is 1.27 bits per heavy atom. The molecule has 0 spiro atoms. The second kappa shape index (κ2) is 8.41. The van der Waals surface area contributed by atoms with Crippen LogP contribution in [0.25, 0.3) is 16.1 Å². The van der Waals surface area contributed by atoms with Crippen molar-refractivity contribution in [2.75, 3.05) is 11.4 Å². The van der Waals surface area contributed by atoms with Gasteiger partial charge >= 0.3 is 5.97 Å². The van der Waals surface area contributed by atoms with Crippen LogP contribution in [0.2, 0.25) is 0 Å². The Morgan fingerprint density at radius 2 is 2.03 bits per heavy atom. The number of carbonyl (C=O) groups excluding carboxylic acids is 1. The molecule has 1 aromatic carbocycles. The van der Waals surface area contributed by atoms with E-state index in [0.717, 1.165) is 21.8 Å². The number of nitrogens with zero attached hydrogens (tertiary/aromatic N) is 2. The van der Waals surface area contributed by atoms with Crippen LogP contribution in [-0.4, -0.2) is 34.5 Å². The van der Waals surface area contributed by atoms with E-state index in [4.69, 9.17) is 10.1 Å². The molecule has 0 saturated carbocycles. The van der Waals surface area contributed by atoms with Crippen molar-refractivity contribution in [3.8, 4) is 10.6 Å². The van der Waals surface area contributed by atoms with Crippen LogP contribution in [0, 0.1) is 5.41 Å². The molecule has 2 aromatic heterocycles. The van der Waals surface area contributed by atoms with Gasteiger partial charge in [-0.2, -0.15) is 0 Å². The van der Waals surface area contributed by atoms with Crippen LogP contribution in [0.15, 0.2) is 52.9 Å². The smallest absolute Gasteiger partial charge is 0.310 e. The minimum absolute atomic E-state index is 0.136. The fourth-order valence-electron chi connectivity index (χ4n) is 3.22. The van der Waals surface area contributed by atoms with Gasteiger partial charge in [-0.25, -0.2) is 4.98 Å². The van der Waals surface area contributed by atoms with Gasteiger partial charge in [0.2, 0.25) is 0 Å². The van der Waals surface area contributed by atoms with Crippen molar-refractivity contribution in [1.29, 1.82) is 5.41 Å². The summed E-state index contributed by atoms with van der Waals surface area (Å²) in [6, 6.07) is 11.4. The highest BCUT2D eigenvalue weighted by Crippen LogP contribution is 2.35. The molecule has 154 valence electrons. The zero-order valence-electron chi connectivity index (χ0n) is 16.6. The number of aliphatic hydroxyl groups excluding tert-OH is 1. The first kappa shape index (κ1) is 20.3. The number of amidine groups is 1. The third-order valence-corrected chi connectivity index (χ3v) is 6.31. The Kier molecular flexibility index (Phi) is 5.69. The lowest BCUT2D eigenvalue weighted by Gasteiger charge is -2.19. The molecule has 0 atom stereocenters. The second-order valence-corrected chi connectivity index (χ2v) is 8.96. The van der Waals surface area contributed by atoms with Crippen molar-refractivity contribution in [2.45, 2.75) is 26.4 Å². The van der Waals surface area contributed by atoms with E-state index in [0.29, 0.717) is 10.6 Å². The molecule has 1 aliphatic rings. The summed E-state index contributed by atoms with van der Waals surface area (Å²) in [6.07, 6.45) is 0.0652. The third-order valence-electron chi connectivity index (χ3n) is 4.56. The first-order valence-corrected chi connectivity index (χ1v) is 11.2. The molecular weight excluding hydrogens is 418 g/mol. The third kappa shape index (κ3) is 4.15. The predicted octanol–water partition coefficient (Wildman–Crippen LogP) is 5.13. The summed E-state index contributed by atoms with van der Waals surface area (Å²) < 4.78 is 5.18. The van der Waals surface area contributed by atoms with Gasteiger partial charge in [-0.3, -0.25) is 10.2 Å². The number of rotatable bonds is 6. The molecule has 0 fully saturated rings. The number of thiazole rings is 1. The summed E-state index contributed by atoms with van der Waals surface area (Å²) >= 11 is 3.03. The normalized spacial score (nSPS) is 14.1. The van der Waals surface area contributed by atoms with Crippen molar-refractivity contribution in [3.63, 3.8) is 0 Å². The number of ether oxygens (including phenoxy) is 1. The second-order valence-electron chi connectivity index (χ2n) is 7.15. The number of esters is 1. The Balaban J connectivity index is 1.49. The average molecular weight is 440 g/mol. The molecule has 0 saturated heterocycles. The molecular formula is C22H21N3O3S2. The maximum atomic E-state index is 11.8. The summed E-state index contributed by atoms with van der Waals surface area (Å²) in [5.41, 5.74) is 2.94. The van der Waals surface area contributed by atoms with E-state index < -0.39 is 0 Å². The molecule has 3 heterocycles. The molecule has 0 bridgehead atoms. The molecule has 0 unspecified atom stereocenters. The van der Waals surface area contributed by atoms with Gasteiger partial charge in [-0.15, -0.1) is 22.7 Å². The minimum Gasteiger partial charge on any atom is -0.510 e. The van der Waals surface area contributed by atoms with E-state index >= 15 is 0 Å². The highest BCUT2D eigenvalue weighted by molar-refractivity contribution is 7.14. The van der Waals surface area contributed by atoms with Crippen molar-refractivity contribution in [1.82, 2.24) is 4.98 Å². The van der Waals surface area contributed by atoms with Crippen LogP contribution < -0.4 is 4.90 Å². The van der Waals surface area contributed by atoms with E-state index in [9.17, 15) is 9.90 Å². The number of carbonyl (C=O) groups is 1. The van der Waals surface area contributed by atoms with E-state index in [1.807, 2.05) is 61.0 Å². The van der Waals surface area contributed by atoms with Gasteiger partial charge in [-0.05, 0) is 43.0 Å². The summed E-state index contributed by atoms with van der Waals surface area (Å²) in [7, 11) is 0. The number of aliphatic hydroxyl groups is 1. The Bertz CT molecular complexity index is 1100. The Hall–Kier alpha value is -2.97. The van der Waals surface area contributed by atoms with Crippen LogP contribution >= 0.6 is 22.7 Å². The number of nitrogens with one attached hydrogen (secondary N) is 1.